The fraction of sp³-hybridized carbons (Fsp3) is 0.700. The fourth-order valence-corrected chi connectivity index (χ4v) is 5.06. The number of hydrogen-bond acceptors (Lipinski definition) is 7. The quantitative estimate of drug-likeness (QED) is 0.712. The predicted octanol–water partition coefficient (Wildman–Crippen LogP) is 1.09. The smallest absolute Gasteiger partial charge is 0.312 e. The zero-order valence-electron chi connectivity index (χ0n) is 16.2. The molecule has 3 aliphatic rings. The molecular weight excluding hydrogens is 378 g/mol. The van der Waals surface area contributed by atoms with E-state index in [4.69, 9.17) is 9.47 Å². The van der Waals surface area contributed by atoms with Gasteiger partial charge in [0, 0.05) is 30.9 Å². The number of likely N-dealkylation sites (tertiary alicyclic amines) is 1. The highest BCUT2D eigenvalue weighted by Gasteiger charge is 2.50. The van der Waals surface area contributed by atoms with Gasteiger partial charge in [-0.15, -0.1) is 11.3 Å². The summed E-state index contributed by atoms with van der Waals surface area (Å²) in [6, 6.07) is 4.01. The molecule has 1 amide bonds. The number of amides is 1. The summed E-state index contributed by atoms with van der Waals surface area (Å²) >= 11 is 1.65. The van der Waals surface area contributed by atoms with Crippen LogP contribution in [-0.2, 0) is 25.6 Å². The number of carbonyl (C=O) groups is 2. The van der Waals surface area contributed by atoms with Crippen LogP contribution in [0.5, 0.6) is 0 Å². The average Bonchev–Trinajstić information content (AvgIpc) is 3.32. The van der Waals surface area contributed by atoms with Gasteiger partial charge in [0.2, 0.25) is 5.91 Å². The first-order valence-corrected chi connectivity index (χ1v) is 11.0. The number of morpholine rings is 1. The highest BCUT2D eigenvalue weighted by Crippen LogP contribution is 2.43. The molecule has 0 bridgehead atoms. The lowest BCUT2D eigenvalue weighted by molar-refractivity contribution is -0.151. The molecule has 7 nitrogen and oxygen atoms in total. The fourth-order valence-electron chi connectivity index (χ4n) is 4.42. The molecule has 154 valence electrons. The lowest BCUT2D eigenvalue weighted by atomic mass is 9.76. The monoisotopic (exact) mass is 407 g/mol. The maximum absolute atomic E-state index is 12.6. The Morgan fingerprint density at radius 2 is 2.00 bits per heavy atom. The second kappa shape index (κ2) is 8.90. The van der Waals surface area contributed by atoms with Gasteiger partial charge in [-0.25, -0.2) is 0 Å². The van der Waals surface area contributed by atoms with Crippen molar-refractivity contribution in [3.63, 3.8) is 0 Å². The highest BCUT2D eigenvalue weighted by molar-refractivity contribution is 7.09. The third-order valence-electron chi connectivity index (χ3n) is 6.11. The normalized spacial score (nSPS) is 25.7. The molecule has 4 heterocycles. The minimum atomic E-state index is -0.346. The number of thiophene rings is 1. The molecule has 1 atom stereocenters. The lowest BCUT2D eigenvalue weighted by Gasteiger charge is -2.36. The van der Waals surface area contributed by atoms with E-state index < -0.39 is 0 Å². The summed E-state index contributed by atoms with van der Waals surface area (Å²) in [5.74, 6) is 0.0103. The van der Waals surface area contributed by atoms with E-state index in [1.165, 1.54) is 0 Å². The number of cyclic esters (lactones) is 1. The number of nitrogens with zero attached hydrogens (tertiary/aromatic N) is 2. The molecule has 0 radical (unpaired) electrons. The first kappa shape index (κ1) is 19.8. The molecule has 3 aliphatic heterocycles. The van der Waals surface area contributed by atoms with Crippen molar-refractivity contribution in [3.8, 4) is 0 Å². The number of hydrogen-bond donors (Lipinski definition) is 1. The van der Waals surface area contributed by atoms with E-state index >= 15 is 0 Å². The van der Waals surface area contributed by atoms with E-state index in [2.05, 4.69) is 15.1 Å². The number of nitrogens with one attached hydrogen (secondary N) is 1. The summed E-state index contributed by atoms with van der Waals surface area (Å²) in [6.07, 6.45) is 2.36. The largest absolute Gasteiger partial charge is 0.461 e. The zero-order chi connectivity index (χ0) is 19.4. The van der Waals surface area contributed by atoms with Crippen LogP contribution in [0.1, 0.15) is 24.1 Å². The number of carbonyl (C=O) groups excluding carboxylic acids is 2. The van der Waals surface area contributed by atoms with Gasteiger partial charge in [0.25, 0.3) is 0 Å². The van der Waals surface area contributed by atoms with E-state index in [-0.39, 0.29) is 23.4 Å². The lowest BCUT2D eigenvalue weighted by Crippen LogP contribution is -2.46. The predicted molar refractivity (Wildman–Crippen MR) is 106 cm³/mol. The zero-order valence-corrected chi connectivity index (χ0v) is 17.0. The Kier molecular flexibility index (Phi) is 6.30. The van der Waals surface area contributed by atoms with Crippen LogP contribution in [0, 0.1) is 5.41 Å². The van der Waals surface area contributed by atoms with Gasteiger partial charge in [-0.2, -0.15) is 0 Å². The molecule has 8 heteroatoms. The Hall–Kier alpha value is -1.48. The second-order valence-electron chi connectivity index (χ2n) is 8.06. The SMILES string of the molecule is O=C(CN1CCC2(CC1)CC(CN1CCOCC1)OC2=O)NCc1cccs1. The van der Waals surface area contributed by atoms with Crippen LogP contribution >= 0.6 is 11.3 Å². The summed E-state index contributed by atoms with van der Waals surface area (Å²) in [4.78, 5) is 30.4. The van der Waals surface area contributed by atoms with Crippen molar-refractivity contribution in [1.29, 1.82) is 0 Å². The Bertz CT molecular complexity index is 667. The highest BCUT2D eigenvalue weighted by atomic mass is 32.1. The molecule has 1 unspecified atom stereocenters. The van der Waals surface area contributed by atoms with Gasteiger partial charge in [-0.1, -0.05) is 6.07 Å². The van der Waals surface area contributed by atoms with Crippen molar-refractivity contribution in [2.24, 2.45) is 5.41 Å². The summed E-state index contributed by atoms with van der Waals surface area (Å²) in [5.41, 5.74) is -0.346. The first-order valence-electron chi connectivity index (χ1n) is 10.2. The summed E-state index contributed by atoms with van der Waals surface area (Å²) in [7, 11) is 0. The van der Waals surface area contributed by atoms with Gasteiger partial charge in [-0.3, -0.25) is 19.4 Å². The van der Waals surface area contributed by atoms with Crippen molar-refractivity contribution in [3.05, 3.63) is 22.4 Å². The van der Waals surface area contributed by atoms with Gasteiger partial charge in [0.15, 0.2) is 0 Å². The molecule has 1 aromatic heterocycles. The molecular formula is C20H29N3O4S. The van der Waals surface area contributed by atoms with Crippen LogP contribution in [-0.4, -0.2) is 80.3 Å². The number of esters is 1. The van der Waals surface area contributed by atoms with Gasteiger partial charge in [-0.05, 0) is 37.4 Å². The van der Waals surface area contributed by atoms with Gasteiger partial charge in [0.1, 0.15) is 6.10 Å². The molecule has 1 aromatic rings. The van der Waals surface area contributed by atoms with E-state index in [9.17, 15) is 9.59 Å². The third-order valence-corrected chi connectivity index (χ3v) is 6.99. The maximum atomic E-state index is 12.6. The van der Waals surface area contributed by atoms with Crippen molar-refractivity contribution in [2.75, 3.05) is 52.5 Å². The van der Waals surface area contributed by atoms with Gasteiger partial charge < -0.3 is 14.8 Å². The minimum absolute atomic E-state index is 0.00811. The van der Waals surface area contributed by atoms with Crippen molar-refractivity contribution in [2.45, 2.75) is 31.9 Å². The summed E-state index contributed by atoms with van der Waals surface area (Å²) in [6.45, 7) is 6.68. The maximum Gasteiger partial charge on any atom is 0.312 e. The van der Waals surface area contributed by atoms with Crippen molar-refractivity contribution < 1.29 is 19.1 Å². The molecule has 3 fully saturated rings. The summed E-state index contributed by atoms with van der Waals surface area (Å²) in [5, 5.41) is 4.99. The summed E-state index contributed by atoms with van der Waals surface area (Å²) < 4.78 is 11.1. The Labute approximate surface area is 170 Å². The Balaban J connectivity index is 1.21. The van der Waals surface area contributed by atoms with Crippen LogP contribution < -0.4 is 5.32 Å². The molecule has 0 saturated carbocycles. The second-order valence-corrected chi connectivity index (χ2v) is 9.09. The van der Waals surface area contributed by atoms with Gasteiger partial charge >= 0.3 is 5.97 Å². The molecule has 1 spiro atoms. The van der Waals surface area contributed by atoms with E-state index in [1.54, 1.807) is 11.3 Å². The topological polar surface area (TPSA) is 71.1 Å². The standard InChI is InChI=1S/C20H29N3O4S/c24-18(21-13-17-2-1-11-28-17)15-22-5-3-20(4-6-22)12-16(27-19(20)25)14-23-7-9-26-10-8-23/h1-2,11,16H,3-10,12-15H2,(H,21,24). The number of ether oxygens (including phenoxy) is 2. The third kappa shape index (κ3) is 4.74. The Morgan fingerprint density at radius 3 is 2.71 bits per heavy atom. The average molecular weight is 408 g/mol. The van der Waals surface area contributed by atoms with E-state index in [1.807, 2.05) is 17.5 Å². The van der Waals surface area contributed by atoms with Crippen LogP contribution in [0.3, 0.4) is 0 Å². The van der Waals surface area contributed by atoms with Crippen LogP contribution in [0.25, 0.3) is 0 Å². The molecule has 0 aliphatic carbocycles. The number of rotatable bonds is 6. The van der Waals surface area contributed by atoms with E-state index in [0.717, 1.165) is 70.1 Å². The number of piperidine rings is 1. The van der Waals surface area contributed by atoms with Crippen LogP contribution in [0.15, 0.2) is 17.5 Å². The molecule has 1 N–H and O–H groups in total. The van der Waals surface area contributed by atoms with Crippen molar-refractivity contribution in [1.82, 2.24) is 15.1 Å². The molecule has 0 aromatic carbocycles. The van der Waals surface area contributed by atoms with Crippen molar-refractivity contribution >= 4 is 23.2 Å². The Morgan fingerprint density at radius 1 is 1.21 bits per heavy atom. The molecule has 4 rings (SSSR count). The first-order chi connectivity index (χ1) is 13.6. The minimum Gasteiger partial charge on any atom is -0.461 e. The van der Waals surface area contributed by atoms with Gasteiger partial charge in [0.05, 0.1) is 31.7 Å². The molecule has 28 heavy (non-hydrogen) atoms. The van der Waals surface area contributed by atoms with E-state index in [0.29, 0.717) is 13.1 Å². The van der Waals surface area contributed by atoms with Crippen LogP contribution in [0.2, 0.25) is 0 Å². The molecule has 3 saturated heterocycles. The van der Waals surface area contributed by atoms with Crippen LogP contribution in [0.4, 0.5) is 0 Å².